The summed E-state index contributed by atoms with van der Waals surface area (Å²) in [4.78, 5) is 4.26. The van der Waals surface area contributed by atoms with Crippen molar-refractivity contribution in [1.29, 1.82) is 0 Å². The van der Waals surface area contributed by atoms with Gasteiger partial charge in [-0.25, -0.2) is 4.39 Å². The predicted octanol–water partition coefficient (Wildman–Crippen LogP) is 4.30. The number of anilines is 1. The van der Waals surface area contributed by atoms with E-state index in [2.05, 4.69) is 31.8 Å². The summed E-state index contributed by atoms with van der Waals surface area (Å²) in [5, 5.41) is 12.6. The van der Waals surface area contributed by atoms with Crippen molar-refractivity contribution in [3.8, 4) is 5.75 Å². The Bertz CT molecular complexity index is 976. The Morgan fingerprint density at radius 3 is 2.48 bits per heavy atom. The molecule has 0 spiro atoms. The van der Waals surface area contributed by atoms with Gasteiger partial charge in [0.1, 0.15) is 24.3 Å². The van der Waals surface area contributed by atoms with Gasteiger partial charge in [-0.05, 0) is 47.2 Å². The molecule has 3 aromatic carbocycles. The van der Waals surface area contributed by atoms with E-state index in [4.69, 9.17) is 4.74 Å². The monoisotopic (exact) mass is 458 g/mol. The summed E-state index contributed by atoms with van der Waals surface area (Å²) in [7, 11) is 0. The Kier molecular flexibility index (Phi) is 6.33. The highest BCUT2D eigenvalue weighted by Crippen LogP contribution is 2.24. The number of rotatable bonds is 6. The van der Waals surface area contributed by atoms with Crippen molar-refractivity contribution in [3.63, 3.8) is 0 Å². The van der Waals surface area contributed by atoms with Gasteiger partial charge in [0.15, 0.2) is 0 Å². The van der Waals surface area contributed by atoms with Crippen LogP contribution in [0.5, 0.6) is 5.75 Å². The smallest absolute Gasteiger partial charge is 0.146 e. The van der Waals surface area contributed by atoms with Crippen molar-refractivity contribution in [2.24, 2.45) is 0 Å². The zero-order valence-corrected chi connectivity index (χ0v) is 17.7. The molecule has 6 heteroatoms. The third kappa shape index (κ3) is 5.07. The number of para-hydroxylation sites is 1. The Balaban J connectivity index is 1.26. The lowest BCUT2D eigenvalue weighted by atomic mass is 10.1. The average Bonchev–Trinajstić information content (AvgIpc) is 2.73. The van der Waals surface area contributed by atoms with Gasteiger partial charge in [-0.1, -0.05) is 40.2 Å². The summed E-state index contributed by atoms with van der Waals surface area (Å²) in [5.41, 5.74) is 0.652. The first-order valence-electron chi connectivity index (χ1n) is 9.80. The minimum Gasteiger partial charge on any atom is -0.491 e. The molecule has 0 saturated carbocycles. The van der Waals surface area contributed by atoms with Crippen LogP contribution in [0, 0.1) is 5.82 Å². The molecule has 29 heavy (non-hydrogen) atoms. The van der Waals surface area contributed by atoms with Crippen molar-refractivity contribution in [2.75, 3.05) is 44.2 Å². The number of β-amino-alcohol motifs (C(OH)–C–C–N with tert-alkyl or cyclic N) is 1. The number of fused-ring (bicyclic) bond motifs is 1. The highest BCUT2D eigenvalue weighted by molar-refractivity contribution is 9.10. The van der Waals surface area contributed by atoms with E-state index in [1.54, 1.807) is 6.07 Å². The summed E-state index contributed by atoms with van der Waals surface area (Å²) in [6.45, 7) is 3.86. The van der Waals surface area contributed by atoms with Crippen LogP contribution in [0.2, 0.25) is 0 Å². The molecule has 3 aromatic rings. The molecule has 1 N–H and O–H groups in total. The Morgan fingerprint density at radius 2 is 1.69 bits per heavy atom. The molecular weight excluding hydrogens is 435 g/mol. The van der Waals surface area contributed by atoms with Gasteiger partial charge in [-0.3, -0.25) is 4.90 Å². The van der Waals surface area contributed by atoms with Gasteiger partial charge in [0.05, 0.1) is 5.69 Å². The van der Waals surface area contributed by atoms with Crippen molar-refractivity contribution in [1.82, 2.24) is 4.90 Å². The molecule has 4 nitrogen and oxygen atoms in total. The lowest BCUT2D eigenvalue weighted by Crippen LogP contribution is -2.49. The zero-order valence-electron chi connectivity index (χ0n) is 16.1. The first-order valence-corrected chi connectivity index (χ1v) is 10.6. The van der Waals surface area contributed by atoms with Gasteiger partial charge < -0.3 is 14.7 Å². The molecule has 0 radical (unpaired) electrons. The Labute approximate surface area is 178 Å². The number of piperazine rings is 1. The quantitative estimate of drug-likeness (QED) is 0.597. The van der Waals surface area contributed by atoms with Crippen LogP contribution in [0.1, 0.15) is 0 Å². The highest BCUT2D eigenvalue weighted by atomic mass is 79.9. The molecule has 0 unspecified atom stereocenters. The second-order valence-electron chi connectivity index (χ2n) is 7.36. The Hall–Kier alpha value is -2.15. The van der Waals surface area contributed by atoms with E-state index in [0.717, 1.165) is 47.2 Å². The van der Waals surface area contributed by atoms with E-state index in [1.807, 2.05) is 42.5 Å². The predicted molar refractivity (Wildman–Crippen MR) is 118 cm³/mol. The standard InChI is InChI=1S/C23H24BrFN2O2/c24-19-7-5-18-14-21(8-6-17(18)13-19)29-16-20(28)15-26-9-11-27(12-10-26)23-4-2-1-3-22(23)25/h1-8,13-14,20,28H,9-12,15-16H2/t20-/m0/s1. The van der Waals surface area contributed by atoms with E-state index in [1.165, 1.54) is 6.07 Å². The number of hydrogen-bond acceptors (Lipinski definition) is 4. The lowest BCUT2D eigenvalue weighted by Gasteiger charge is -2.36. The number of aliphatic hydroxyl groups is 1. The molecule has 0 aromatic heterocycles. The number of benzene rings is 3. The Morgan fingerprint density at radius 1 is 0.966 bits per heavy atom. The second kappa shape index (κ2) is 9.11. The van der Waals surface area contributed by atoms with Gasteiger partial charge in [0, 0.05) is 37.2 Å². The van der Waals surface area contributed by atoms with E-state index >= 15 is 0 Å². The van der Waals surface area contributed by atoms with Gasteiger partial charge in [-0.15, -0.1) is 0 Å². The van der Waals surface area contributed by atoms with E-state index in [-0.39, 0.29) is 12.4 Å². The van der Waals surface area contributed by atoms with Crippen LogP contribution in [-0.4, -0.2) is 55.4 Å². The minimum atomic E-state index is -0.573. The van der Waals surface area contributed by atoms with Crippen LogP contribution in [0.15, 0.2) is 65.1 Å². The molecule has 1 saturated heterocycles. The molecule has 1 aliphatic rings. The van der Waals surface area contributed by atoms with Crippen LogP contribution < -0.4 is 9.64 Å². The number of nitrogens with zero attached hydrogens (tertiary/aromatic N) is 2. The molecule has 0 bridgehead atoms. The molecule has 4 rings (SSSR count). The molecule has 1 heterocycles. The highest BCUT2D eigenvalue weighted by Gasteiger charge is 2.21. The maximum absolute atomic E-state index is 13.9. The van der Waals surface area contributed by atoms with Crippen molar-refractivity contribution in [3.05, 3.63) is 71.0 Å². The first-order chi connectivity index (χ1) is 14.1. The third-order valence-corrected chi connectivity index (χ3v) is 5.74. The summed E-state index contributed by atoms with van der Waals surface area (Å²) in [5.74, 6) is 0.570. The SMILES string of the molecule is O[C@H](COc1ccc2cc(Br)ccc2c1)CN1CCN(c2ccccc2F)CC1. The maximum Gasteiger partial charge on any atom is 0.146 e. The normalized spacial score (nSPS) is 16.2. The fourth-order valence-electron chi connectivity index (χ4n) is 3.71. The van der Waals surface area contributed by atoms with Crippen molar-refractivity contribution < 1.29 is 14.2 Å². The van der Waals surface area contributed by atoms with Gasteiger partial charge >= 0.3 is 0 Å². The number of aliphatic hydroxyl groups excluding tert-OH is 1. The summed E-state index contributed by atoms with van der Waals surface area (Å²) >= 11 is 3.48. The number of halogens is 2. The first kappa shape index (κ1) is 20.1. The third-order valence-electron chi connectivity index (χ3n) is 5.25. The average molecular weight is 459 g/mol. The molecule has 1 atom stereocenters. The van der Waals surface area contributed by atoms with Crippen LogP contribution in [0.3, 0.4) is 0 Å². The summed E-state index contributed by atoms with van der Waals surface area (Å²) in [6.07, 6.45) is -0.573. The van der Waals surface area contributed by atoms with Gasteiger partial charge in [0.2, 0.25) is 0 Å². The van der Waals surface area contributed by atoms with Crippen LogP contribution >= 0.6 is 15.9 Å². The molecule has 1 fully saturated rings. The molecular formula is C23H24BrFN2O2. The van der Waals surface area contributed by atoms with Crippen molar-refractivity contribution in [2.45, 2.75) is 6.10 Å². The molecule has 1 aliphatic heterocycles. The zero-order chi connectivity index (χ0) is 20.2. The maximum atomic E-state index is 13.9. The van der Waals surface area contributed by atoms with Gasteiger partial charge in [0.25, 0.3) is 0 Å². The summed E-state index contributed by atoms with van der Waals surface area (Å²) in [6, 6.07) is 18.9. The van der Waals surface area contributed by atoms with Gasteiger partial charge in [-0.2, -0.15) is 0 Å². The topological polar surface area (TPSA) is 35.9 Å². The van der Waals surface area contributed by atoms with Crippen molar-refractivity contribution >= 4 is 32.4 Å². The van der Waals surface area contributed by atoms with E-state index in [9.17, 15) is 9.50 Å². The lowest BCUT2D eigenvalue weighted by molar-refractivity contribution is 0.0663. The molecule has 152 valence electrons. The molecule has 0 amide bonds. The summed E-state index contributed by atoms with van der Waals surface area (Å²) < 4.78 is 20.8. The van der Waals surface area contributed by atoms with Crippen LogP contribution in [0.4, 0.5) is 10.1 Å². The number of hydrogen-bond donors (Lipinski definition) is 1. The van der Waals surface area contributed by atoms with E-state index in [0.29, 0.717) is 12.2 Å². The molecule has 0 aliphatic carbocycles. The van der Waals surface area contributed by atoms with Crippen LogP contribution in [0.25, 0.3) is 10.8 Å². The fourth-order valence-corrected chi connectivity index (χ4v) is 4.09. The fraction of sp³-hybridized carbons (Fsp3) is 0.304. The largest absolute Gasteiger partial charge is 0.491 e. The van der Waals surface area contributed by atoms with Crippen LogP contribution in [-0.2, 0) is 0 Å². The number of ether oxygens (including phenoxy) is 1. The van der Waals surface area contributed by atoms with E-state index < -0.39 is 6.10 Å². The second-order valence-corrected chi connectivity index (χ2v) is 8.27. The minimum absolute atomic E-state index is 0.183.